The van der Waals surface area contributed by atoms with Crippen LogP contribution in [0.15, 0.2) is 27.8 Å². The molecule has 0 spiro atoms. The SMILES string of the molecule is CCCCCN(C(=O)COc1cc(Cl)ccc1Cl)c1c(N)n(CCCC)c(=O)[nH]c1=O. The topological polar surface area (TPSA) is 110 Å². The third-order valence-corrected chi connectivity index (χ3v) is 5.30. The Labute approximate surface area is 190 Å². The summed E-state index contributed by atoms with van der Waals surface area (Å²) in [6, 6.07) is 4.68. The number of halogens is 2. The van der Waals surface area contributed by atoms with Crippen LogP contribution in [0.3, 0.4) is 0 Å². The number of unbranched alkanes of at least 4 members (excludes halogenated alkanes) is 3. The zero-order chi connectivity index (χ0) is 23.0. The van der Waals surface area contributed by atoms with Crippen LogP contribution in [0.2, 0.25) is 10.0 Å². The van der Waals surface area contributed by atoms with Gasteiger partial charge in [-0.25, -0.2) is 4.79 Å². The average Bonchev–Trinajstić information content (AvgIpc) is 2.72. The highest BCUT2D eigenvalue weighted by Crippen LogP contribution is 2.28. The van der Waals surface area contributed by atoms with Crippen molar-refractivity contribution in [3.05, 3.63) is 49.1 Å². The van der Waals surface area contributed by atoms with Gasteiger partial charge in [0.1, 0.15) is 11.6 Å². The fourth-order valence-electron chi connectivity index (χ4n) is 3.06. The van der Waals surface area contributed by atoms with E-state index in [-0.39, 0.29) is 30.4 Å². The molecule has 1 aromatic heterocycles. The summed E-state index contributed by atoms with van der Waals surface area (Å²) >= 11 is 12.1. The highest BCUT2D eigenvalue weighted by atomic mass is 35.5. The Morgan fingerprint density at radius 1 is 1.16 bits per heavy atom. The van der Waals surface area contributed by atoms with Crippen molar-refractivity contribution >= 4 is 40.6 Å². The van der Waals surface area contributed by atoms with E-state index in [1.54, 1.807) is 12.1 Å². The van der Waals surface area contributed by atoms with E-state index >= 15 is 0 Å². The van der Waals surface area contributed by atoms with E-state index in [1.807, 2.05) is 13.8 Å². The molecule has 0 radical (unpaired) electrons. The molecule has 10 heteroatoms. The first-order chi connectivity index (χ1) is 14.8. The Kier molecular flexibility index (Phi) is 9.45. The number of nitrogen functional groups attached to an aromatic ring is 1. The summed E-state index contributed by atoms with van der Waals surface area (Å²) in [6.45, 7) is 4.24. The molecule has 1 amide bonds. The van der Waals surface area contributed by atoms with E-state index in [4.69, 9.17) is 33.7 Å². The highest BCUT2D eigenvalue weighted by Gasteiger charge is 2.24. The van der Waals surface area contributed by atoms with E-state index in [0.717, 1.165) is 19.3 Å². The van der Waals surface area contributed by atoms with Crippen LogP contribution in [0.5, 0.6) is 5.75 Å². The summed E-state index contributed by atoms with van der Waals surface area (Å²) in [5, 5.41) is 0.718. The minimum absolute atomic E-state index is 0.0344. The molecule has 0 saturated heterocycles. The van der Waals surface area contributed by atoms with Crippen molar-refractivity contribution in [3.63, 3.8) is 0 Å². The lowest BCUT2D eigenvalue weighted by molar-refractivity contribution is -0.120. The lowest BCUT2D eigenvalue weighted by Crippen LogP contribution is -2.43. The number of aromatic amines is 1. The molecule has 0 aliphatic rings. The number of nitrogens with zero attached hydrogens (tertiary/aromatic N) is 2. The Hall–Kier alpha value is -2.45. The fraction of sp³-hybridized carbons (Fsp3) is 0.476. The molecular weight excluding hydrogens is 443 g/mol. The molecule has 0 unspecified atom stereocenters. The number of hydrogen-bond acceptors (Lipinski definition) is 5. The van der Waals surface area contributed by atoms with Gasteiger partial charge in [0.15, 0.2) is 12.3 Å². The summed E-state index contributed by atoms with van der Waals surface area (Å²) in [5.41, 5.74) is 4.84. The molecule has 31 heavy (non-hydrogen) atoms. The summed E-state index contributed by atoms with van der Waals surface area (Å²) < 4.78 is 6.84. The quantitative estimate of drug-likeness (QED) is 0.484. The van der Waals surface area contributed by atoms with Gasteiger partial charge in [0.05, 0.1) is 5.02 Å². The number of rotatable bonds is 11. The molecule has 0 aliphatic heterocycles. The average molecular weight is 471 g/mol. The summed E-state index contributed by atoms with van der Waals surface area (Å²) in [5.74, 6) is -0.260. The van der Waals surface area contributed by atoms with Crippen LogP contribution < -0.4 is 26.6 Å². The van der Waals surface area contributed by atoms with Crippen molar-refractivity contribution in [2.75, 3.05) is 23.8 Å². The lowest BCUT2D eigenvalue weighted by atomic mass is 10.2. The van der Waals surface area contributed by atoms with Crippen LogP contribution in [-0.4, -0.2) is 28.6 Å². The van der Waals surface area contributed by atoms with E-state index in [1.165, 1.54) is 15.5 Å². The zero-order valence-corrected chi connectivity index (χ0v) is 19.3. The van der Waals surface area contributed by atoms with Gasteiger partial charge in [0.2, 0.25) is 0 Å². The molecule has 2 rings (SSSR count). The van der Waals surface area contributed by atoms with E-state index in [9.17, 15) is 14.4 Å². The maximum absolute atomic E-state index is 13.1. The molecule has 2 aromatic rings. The molecule has 3 N–H and O–H groups in total. The smallest absolute Gasteiger partial charge is 0.330 e. The third-order valence-electron chi connectivity index (χ3n) is 4.75. The number of aromatic nitrogens is 2. The van der Waals surface area contributed by atoms with Gasteiger partial charge >= 0.3 is 5.69 Å². The number of ether oxygens (including phenoxy) is 1. The normalized spacial score (nSPS) is 10.8. The van der Waals surface area contributed by atoms with E-state index < -0.39 is 17.2 Å². The van der Waals surface area contributed by atoms with Crippen LogP contribution in [0.4, 0.5) is 11.5 Å². The van der Waals surface area contributed by atoms with Gasteiger partial charge in [-0.1, -0.05) is 56.3 Å². The minimum atomic E-state index is -0.708. The maximum Gasteiger partial charge on any atom is 0.330 e. The molecule has 1 aromatic carbocycles. The number of anilines is 2. The Morgan fingerprint density at radius 2 is 1.87 bits per heavy atom. The second-order valence-electron chi connectivity index (χ2n) is 7.11. The lowest BCUT2D eigenvalue weighted by Gasteiger charge is -2.24. The highest BCUT2D eigenvalue weighted by molar-refractivity contribution is 6.34. The predicted octanol–water partition coefficient (Wildman–Crippen LogP) is 3.83. The van der Waals surface area contributed by atoms with Crippen molar-refractivity contribution in [2.45, 2.75) is 52.5 Å². The van der Waals surface area contributed by atoms with Gasteiger partial charge in [-0.3, -0.25) is 19.1 Å². The molecule has 1 heterocycles. The number of carbonyl (C=O) groups excluding carboxylic acids is 1. The Balaban J connectivity index is 2.37. The van der Waals surface area contributed by atoms with Crippen LogP contribution in [-0.2, 0) is 11.3 Å². The van der Waals surface area contributed by atoms with Gasteiger partial charge in [-0.05, 0) is 25.0 Å². The van der Waals surface area contributed by atoms with E-state index in [2.05, 4.69) is 4.98 Å². The van der Waals surface area contributed by atoms with Crippen molar-refractivity contribution in [2.24, 2.45) is 0 Å². The van der Waals surface area contributed by atoms with Gasteiger partial charge in [-0.2, -0.15) is 0 Å². The monoisotopic (exact) mass is 470 g/mol. The van der Waals surface area contributed by atoms with Gasteiger partial charge in [0, 0.05) is 24.2 Å². The first-order valence-electron chi connectivity index (χ1n) is 10.3. The first kappa shape index (κ1) is 24.8. The fourth-order valence-corrected chi connectivity index (χ4v) is 3.40. The Morgan fingerprint density at radius 3 is 2.55 bits per heavy atom. The number of amides is 1. The summed E-state index contributed by atoms with van der Waals surface area (Å²) in [7, 11) is 0. The van der Waals surface area contributed by atoms with Gasteiger partial charge < -0.3 is 15.4 Å². The van der Waals surface area contributed by atoms with Crippen molar-refractivity contribution in [1.29, 1.82) is 0 Å². The standard InChI is InChI=1S/C21H28Cl2N4O4/c1-3-5-7-11-26(17(28)13-31-16-12-14(22)8-9-15(16)23)18-19(24)27(10-6-4-2)21(30)25-20(18)29/h8-9,12H,3-7,10-11,13,24H2,1-2H3,(H,25,29,30). The van der Waals surface area contributed by atoms with Crippen molar-refractivity contribution in [1.82, 2.24) is 9.55 Å². The maximum atomic E-state index is 13.1. The Bertz CT molecular complexity index is 1020. The molecule has 0 atom stereocenters. The second kappa shape index (κ2) is 11.8. The largest absolute Gasteiger partial charge is 0.482 e. The zero-order valence-electron chi connectivity index (χ0n) is 17.7. The summed E-state index contributed by atoms with van der Waals surface area (Å²) in [4.78, 5) is 41.4. The minimum Gasteiger partial charge on any atom is -0.482 e. The summed E-state index contributed by atoms with van der Waals surface area (Å²) in [6.07, 6.45) is 3.99. The van der Waals surface area contributed by atoms with Crippen LogP contribution in [0.1, 0.15) is 46.0 Å². The molecule has 0 bridgehead atoms. The molecule has 0 fully saturated rings. The number of nitrogens with one attached hydrogen (secondary N) is 1. The van der Waals surface area contributed by atoms with Gasteiger partial charge in [-0.15, -0.1) is 0 Å². The second-order valence-corrected chi connectivity index (χ2v) is 7.96. The number of benzene rings is 1. The van der Waals surface area contributed by atoms with Crippen molar-refractivity contribution < 1.29 is 9.53 Å². The third kappa shape index (κ3) is 6.51. The predicted molar refractivity (Wildman–Crippen MR) is 124 cm³/mol. The molecular formula is C21H28Cl2N4O4. The number of carbonyl (C=O) groups is 1. The van der Waals surface area contributed by atoms with Gasteiger partial charge in [0.25, 0.3) is 11.5 Å². The number of hydrogen-bond donors (Lipinski definition) is 2. The van der Waals surface area contributed by atoms with Crippen LogP contribution in [0, 0.1) is 0 Å². The van der Waals surface area contributed by atoms with Crippen molar-refractivity contribution in [3.8, 4) is 5.75 Å². The van der Waals surface area contributed by atoms with E-state index in [0.29, 0.717) is 29.4 Å². The van der Waals surface area contributed by atoms with Crippen LogP contribution in [0.25, 0.3) is 0 Å². The molecule has 0 aliphatic carbocycles. The number of nitrogens with two attached hydrogens (primary N) is 1. The first-order valence-corrected chi connectivity index (χ1v) is 11.1. The molecule has 0 saturated carbocycles. The number of H-pyrrole nitrogens is 1. The van der Waals surface area contributed by atoms with Crippen LogP contribution >= 0.6 is 23.2 Å². The molecule has 170 valence electrons. The molecule has 8 nitrogen and oxygen atoms in total.